The summed E-state index contributed by atoms with van der Waals surface area (Å²) in [4.78, 5) is 43.1. The van der Waals surface area contributed by atoms with Gasteiger partial charge < -0.3 is 15.5 Å². The molecular formula is C22H23FN4O3S. The average Bonchev–Trinajstić information content (AvgIpc) is 3.10. The minimum atomic E-state index is -0.555. The van der Waals surface area contributed by atoms with Gasteiger partial charge in [0.05, 0.1) is 0 Å². The van der Waals surface area contributed by atoms with E-state index >= 15 is 0 Å². The van der Waals surface area contributed by atoms with E-state index in [0.29, 0.717) is 22.1 Å². The zero-order chi connectivity index (χ0) is 22.4. The summed E-state index contributed by atoms with van der Waals surface area (Å²) < 4.78 is 13.0. The van der Waals surface area contributed by atoms with Gasteiger partial charge >= 0.3 is 0 Å². The highest BCUT2D eigenvalue weighted by atomic mass is 32.2. The summed E-state index contributed by atoms with van der Waals surface area (Å²) in [6.07, 6.45) is -0.0101. The van der Waals surface area contributed by atoms with Crippen molar-refractivity contribution in [2.45, 2.75) is 25.5 Å². The highest BCUT2D eigenvalue weighted by Gasteiger charge is 2.32. The third kappa shape index (κ3) is 5.91. The van der Waals surface area contributed by atoms with Crippen molar-refractivity contribution < 1.29 is 18.8 Å². The first-order chi connectivity index (χ1) is 14.9. The highest BCUT2D eigenvalue weighted by Crippen LogP contribution is 2.27. The van der Waals surface area contributed by atoms with Gasteiger partial charge in [0.2, 0.25) is 5.91 Å². The fraction of sp³-hybridized carbons (Fsp3) is 0.273. The maximum Gasteiger partial charge on any atom is 0.262 e. The van der Waals surface area contributed by atoms with Crippen LogP contribution in [-0.2, 0) is 9.59 Å². The number of carbonyl (C=O) groups excluding carboxylic acids is 3. The zero-order valence-corrected chi connectivity index (χ0v) is 18.0. The predicted octanol–water partition coefficient (Wildman–Crippen LogP) is 3.75. The Morgan fingerprint density at radius 2 is 1.77 bits per heavy atom. The summed E-state index contributed by atoms with van der Waals surface area (Å²) in [6.45, 7) is 5.44. The molecule has 0 aromatic heterocycles. The summed E-state index contributed by atoms with van der Waals surface area (Å²) >= 11 is 1.30. The SMILES string of the molecule is CCN(CC)C1=NC(=O)[C@@H](CC(=O)Nc2cccc(C(=O)Nc3ccc(F)cc3)c2)S1. The number of anilines is 2. The van der Waals surface area contributed by atoms with Crippen LogP contribution in [0.5, 0.6) is 0 Å². The molecule has 162 valence electrons. The Balaban J connectivity index is 1.58. The molecule has 0 saturated carbocycles. The summed E-state index contributed by atoms with van der Waals surface area (Å²) in [5.41, 5.74) is 1.24. The number of rotatable bonds is 7. The first-order valence-electron chi connectivity index (χ1n) is 9.90. The number of carbonyl (C=O) groups is 3. The molecule has 31 heavy (non-hydrogen) atoms. The Morgan fingerprint density at radius 1 is 1.06 bits per heavy atom. The summed E-state index contributed by atoms with van der Waals surface area (Å²) in [5.74, 6) is -1.43. The molecule has 1 aliphatic heterocycles. The van der Waals surface area contributed by atoms with Crippen LogP contribution in [0.25, 0.3) is 0 Å². The Labute approximate surface area is 184 Å². The van der Waals surface area contributed by atoms with Crippen molar-refractivity contribution in [1.82, 2.24) is 4.90 Å². The molecule has 2 N–H and O–H groups in total. The monoisotopic (exact) mass is 442 g/mol. The van der Waals surface area contributed by atoms with Crippen molar-refractivity contribution in [1.29, 1.82) is 0 Å². The lowest BCUT2D eigenvalue weighted by molar-refractivity contribution is -0.121. The molecular weight excluding hydrogens is 419 g/mol. The smallest absolute Gasteiger partial charge is 0.262 e. The van der Waals surface area contributed by atoms with E-state index in [-0.39, 0.29) is 24.1 Å². The van der Waals surface area contributed by atoms with Gasteiger partial charge in [-0.3, -0.25) is 14.4 Å². The minimum absolute atomic E-state index is 0.0101. The predicted molar refractivity (Wildman–Crippen MR) is 121 cm³/mol. The van der Waals surface area contributed by atoms with Crippen LogP contribution in [0.4, 0.5) is 15.8 Å². The molecule has 2 aromatic carbocycles. The molecule has 0 aliphatic carbocycles. The van der Waals surface area contributed by atoms with Crippen LogP contribution in [0.2, 0.25) is 0 Å². The summed E-state index contributed by atoms with van der Waals surface area (Å²) in [7, 11) is 0. The molecule has 3 rings (SSSR count). The van der Waals surface area contributed by atoms with Crippen molar-refractivity contribution >= 4 is 46.0 Å². The van der Waals surface area contributed by atoms with E-state index in [9.17, 15) is 18.8 Å². The van der Waals surface area contributed by atoms with E-state index in [0.717, 1.165) is 13.1 Å². The fourth-order valence-electron chi connectivity index (χ4n) is 2.99. The Kier molecular flexibility index (Phi) is 7.41. The van der Waals surface area contributed by atoms with E-state index < -0.39 is 11.1 Å². The topological polar surface area (TPSA) is 90.9 Å². The van der Waals surface area contributed by atoms with E-state index in [1.807, 2.05) is 18.7 Å². The van der Waals surface area contributed by atoms with Gasteiger partial charge in [-0.15, -0.1) is 0 Å². The molecule has 1 heterocycles. The number of thioether (sulfide) groups is 1. The number of amides is 3. The molecule has 1 atom stereocenters. The number of halogens is 1. The molecule has 3 amide bonds. The first kappa shape index (κ1) is 22.5. The molecule has 1 aliphatic rings. The second-order valence-electron chi connectivity index (χ2n) is 6.81. The van der Waals surface area contributed by atoms with Gasteiger partial charge in [-0.25, -0.2) is 4.39 Å². The van der Waals surface area contributed by atoms with Crippen molar-refractivity contribution in [3.63, 3.8) is 0 Å². The third-order valence-corrected chi connectivity index (χ3v) is 5.86. The standard InChI is InChI=1S/C22H23FN4O3S/c1-3-27(4-2)22-26-21(30)18(31-22)13-19(28)24-17-7-5-6-14(12-17)20(29)25-16-10-8-15(23)9-11-16/h5-12,18H,3-4,13H2,1-2H3,(H,24,28)(H,25,29)/t18-/m1/s1. The van der Waals surface area contributed by atoms with Gasteiger partial charge in [-0.1, -0.05) is 17.8 Å². The largest absolute Gasteiger partial charge is 0.352 e. The molecule has 0 unspecified atom stereocenters. The van der Waals surface area contributed by atoms with Crippen molar-refractivity contribution in [3.05, 3.63) is 59.9 Å². The molecule has 2 aromatic rings. The lowest BCUT2D eigenvalue weighted by Crippen LogP contribution is -2.27. The third-order valence-electron chi connectivity index (χ3n) is 4.64. The highest BCUT2D eigenvalue weighted by molar-refractivity contribution is 8.15. The van der Waals surface area contributed by atoms with Crippen LogP contribution in [0.15, 0.2) is 53.5 Å². The number of hydrogen-bond donors (Lipinski definition) is 2. The Hall–Kier alpha value is -3.20. The quantitative estimate of drug-likeness (QED) is 0.682. The van der Waals surface area contributed by atoms with E-state index in [1.54, 1.807) is 18.2 Å². The van der Waals surface area contributed by atoms with E-state index in [4.69, 9.17) is 0 Å². The average molecular weight is 443 g/mol. The Morgan fingerprint density at radius 3 is 2.45 bits per heavy atom. The van der Waals surface area contributed by atoms with Crippen molar-refractivity contribution in [3.8, 4) is 0 Å². The van der Waals surface area contributed by atoms with Crippen LogP contribution in [0.3, 0.4) is 0 Å². The van der Waals surface area contributed by atoms with Crippen molar-refractivity contribution in [2.75, 3.05) is 23.7 Å². The van der Waals surface area contributed by atoms with Gasteiger partial charge in [0.25, 0.3) is 11.8 Å². The molecule has 7 nitrogen and oxygen atoms in total. The normalized spacial score (nSPS) is 15.4. The van der Waals surface area contributed by atoms with Gasteiger partial charge in [0, 0.05) is 36.4 Å². The molecule has 0 fully saturated rings. The lowest BCUT2D eigenvalue weighted by atomic mass is 10.1. The van der Waals surface area contributed by atoms with Crippen LogP contribution < -0.4 is 10.6 Å². The molecule has 0 radical (unpaired) electrons. The number of aliphatic imine (C=N–C) groups is 1. The zero-order valence-electron chi connectivity index (χ0n) is 17.2. The maximum absolute atomic E-state index is 13.0. The number of amidine groups is 1. The van der Waals surface area contributed by atoms with E-state index in [1.165, 1.54) is 42.1 Å². The van der Waals surface area contributed by atoms with Crippen LogP contribution >= 0.6 is 11.8 Å². The number of benzene rings is 2. The maximum atomic E-state index is 13.0. The fourth-order valence-corrected chi connectivity index (χ4v) is 4.19. The Bertz CT molecular complexity index is 1010. The van der Waals surface area contributed by atoms with Gasteiger partial charge in [0.1, 0.15) is 11.1 Å². The number of nitrogens with one attached hydrogen (secondary N) is 2. The number of nitrogens with zero attached hydrogens (tertiary/aromatic N) is 2. The van der Waals surface area contributed by atoms with Gasteiger partial charge in [-0.05, 0) is 56.3 Å². The van der Waals surface area contributed by atoms with Crippen molar-refractivity contribution in [2.24, 2.45) is 4.99 Å². The molecule has 0 saturated heterocycles. The second kappa shape index (κ2) is 10.2. The van der Waals surface area contributed by atoms with Crippen LogP contribution in [0, 0.1) is 5.82 Å². The molecule has 0 bridgehead atoms. The first-order valence-corrected chi connectivity index (χ1v) is 10.8. The molecule has 0 spiro atoms. The van der Waals surface area contributed by atoms with Gasteiger partial charge in [-0.2, -0.15) is 4.99 Å². The second-order valence-corrected chi connectivity index (χ2v) is 7.98. The van der Waals surface area contributed by atoms with E-state index in [2.05, 4.69) is 15.6 Å². The summed E-state index contributed by atoms with van der Waals surface area (Å²) in [5, 5.41) is 5.49. The number of hydrogen-bond acceptors (Lipinski definition) is 5. The van der Waals surface area contributed by atoms with Gasteiger partial charge in [0.15, 0.2) is 5.17 Å². The molecule has 9 heteroatoms. The summed E-state index contributed by atoms with van der Waals surface area (Å²) in [6, 6.07) is 11.9. The van der Waals surface area contributed by atoms with Crippen LogP contribution in [0.1, 0.15) is 30.6 Å². The lowest BCUT2D eigenvalue weighted by Gasteiger charge is -2.19. The van der Waals surface area contributed by atoms with Crippen LogP contribution in [-0.4, -0.2) is 46.1 Å². The minimum Gasteiger partial charge on any atom is -0.352 e.